The van der Waals surface area contributed by atoms with Crippen molar-refractivity contribution < 1.29 is 0 Å². The van der Waals surface area contributed by atoms with Crippen LogP contribution in [-0.2, 0) is 0 Å². The topological polar surface area (TPSA) is 24.1 Å². The van der Waals surface area contributed by atoms with Crippen LogP contribution in [0.15, 0.2) is 0 Å². The van der Waals surface area contributed by atoms with Crippen molar-refractivity contribution in [1.29, 1.82) is 0 Å². The lowest BCUT2D eigenvalue weighted by molar-refractivity contribution is -0.0305. The quantitative estimate of drug-likeness (QED) is 0.668. The Kier molecular flexibility index (Phi) is 7.19. The Balaban J connectivity index is 1.92. The summed E-state index contributed by atoms with van der Waals surface area (Å²) in [6.45, 7) is 7.46. The maximum absolute atomic E-state index is 5.28. The monoisotopic (exact) mass is 338 g/mol. The summed E-state index contributed by atoms with van der Waals surface area (Å²) in [4.78, 5) is 0. The second-order valence-corrected chi connectivity index (χ2v) is 8.60. The number of hydrogen-bond acceptors (Lipinski definition) is 1. The van der Waals surface area contributed by atoms with Crippen LogP contribution in [0, 0.1) is 23.2 Å². The molecule has 3 heteroatoms. The Labute approximate surface area is 149 Å². The Hall–Kier alpha value is -0.310. The molecule has 0 amide bonds. The second kappa shape index (κ2) is 8.69. The minimum Gasteiger partial charge on any atom is -0.366 e. The summed E-state index contributed by atoms with van der Waals surface area (Å²) in [5.41, 5.74) is 0.583. The molecule has 0 aliphatic heterocycles. The van der Waals surface area contributed by atoms with Crippen molar-refractivity contribution in [1.82, 2.24) is 10.6 Å². The van der Waals surface area contributed by atoms with Gasteiger partial charge in [0.25, 0.3) is 0 Å². The first-order valence-corrected chi connectivity index (χ1v) is 10.4. The highest BCUT2D eigenvalue weighted by Crippen LogP contribution is 2.55. The van der Waals surface area contributed by atoms with E-state index < -0.39 is 0 Å². The normalized spacial score (nSPS) is 34.4. The van der Waals surface area contributed by atoms with Crippen LogP contribution >= 0.6 is 12.2 Å². The minimum absolute atomic E-state index is 0.580. The van der Waals surface area contributed by atoms with Gasteiger partial charge >= 0.3 is 0 Å². The molecule has 2 aliphatic rings. The van der Waals surface area contributed by atoms with Crippen LogP contribution in [0.25, 0.3) is 0 Å². The Bertz CT molecular complexity index is 372. The van der Waals surface area contributed by atoms with Gasteiger partial charge < -0.3 is 10.6 Å². The number of rotatable bonds is 5. The molecule has 0 radical (unpaired) electrons. The molecule has 134 valence electrons. The molecule has 0 saturated heterocycles. The summed E-state index contributed by atoms with van der Waals surface area (Å²) in [6, 6.07) is 0.580. The lowest BCUT2D eigenvalue weighted by Gasteiger charge is -2.53. The molecule has 0 aromatic carbocycles. The van der Waals surface area contributed by atoms with E-state index in [1.54, 1.807) is 0 Å². The lowest BCUT2D eigenvalue weighted by atomic mass is 9.52. The van der Waals surface area contributed by atoms with Gasteiger partial charge in [-0.05, 0) is 73.9 Å². The molecule has 3 unspecified atom stereocenters. The van der Waals surface area contributed by atoms with Gasteiger partial charge in [0.05, 0.1) is 0 Å². The van der Waals surface area contributed by atoms with E-state index in [0.717, 1.165) is 22.9 Å². The molecule has 0 spiro atoms. The molecule has 2 rings (SSSR count). The molecule has 2 fully saturated rings. The fourth-order valence-electron chi connectivity index (χ4n) is 5.35. The van der Waals surface area contributed by atoms with Crippen molar-refractivity contribution in [2.24, 2.45) is 23.2 Å². The maximum atomic E-state index is 5.28. The zero-order valence-electron chi connectivity index (χ0n) is 15.8. The molecule has 3 atom stereocenters. The standard InChI is InChI=1S/C20H38N2S/c1-5-15-13-14-18(15)20(3,6-2)16-9-7-11-17(12-8-10-16)22-19(23)21-4/h15-18H,5-14H2,1-4H3,(H2,21,22,23). The third-order valence-corrected chi connectivity index (χ3v) is 7.58. The van der Waals surface area contributed by atoms with E-state index in [4.69, 9.17) is 12.2 Å². The van der Waals surface area contributed by atoms with E-state index in [0.29, 0.717) is 11.5 Å². The van der Waals surface area contributed by atoms with Crippen LogP contribution in [-0.4, -0.2) is 18.2 Å². The second-order valence-electron chi connectivity index (χ2n) is 8.19. The van der Waals surface area contributed by atoms with E-state index in [1.807, 2.05) is 7.05 Å². The third-order valence-electron chi connectivity index (χ3n) is 7.26. The maximum Gasteiger partial charge on any atom is 0.166 e. The Morgan fingerprint density at radius 2 is 1.70 bits per heavy atom. The van der Waals surface area contributed by atoms with Crippen molar-refractivity contribution in [3.8, 4) is 0 Å². The van der Waals surface area contributed by atoms with Crippen LogP contribution in [0.5, 0.6) is 0 Å². The molecule has 2 aliphatic carbocycles. The summed E-state index contributed by atoms with van der Waals surface area (Å²) in [6.07, 6.45) is 13.8. The van der Waals surface area contributed by atoms with Gasteiger partial charge in [0.1, 0.15) is 0 Å². The fraction of sp³-hybridized carbons (Fsp3) is 0.950. The van der Waals surface area contributed by atoms with Crippen LogP contribution < -0.4 is 10.6 Å². The van der Waals surface area contributed by atoms with Gasteiger partial charge in [-0.15, -0.1) is 0 Å². The lowest BCUT2D eigenvalue weighted by Crippen LogP contribution is -2.45. The van der Waals surface area contributed by atoms with E-state index >= 15 is 0 Å². The van der Waals surface area contributed by atoms with E-state index in [2.05, 4.69) is 31.4 Å². The molecule has 2 nitrogen and oxygen atoms in total. The summed E-state index contributed by atoms with van der Waals surface area (Å²) >= 11 is 5.28. The first kappa shape index (κ1) is 19.0. The van der Waals surface area contributed by atoms with Gasteiger partial charge in [0, 0.05) is 13.1 Å². The van der Waals surface area contributed by atoms with Gasteiger partial charge in [-0.25, -0.2) is 0 Å². The summed E-state index contributed by atoms with van der Waals surface area (Å²) in [5.74, 6) is 2.93. The zero-order valence-corrected chi connectivity index (χ0v) is 16.6. The Morgan fingerprint density at radius 1 is 1.04 bits per heavy atom. The predicted molar refractivity (Wildman–Crippen MR) is 105 cm³/mol. The molecule has 2 saturated carbocycles. The van der Waals surface area contributed by atoms with Crippen molar-refractivity contribution in [3.05, 3.63) is 0 Å². The van der Waals surface area contributed by atoms with E-state index in [-0.39, 0.29) is 0 Å². The van der Waals surface area contributed by atoms with Gasteiger partial charge in [-0.3, -0.25) is 0 Å². The third kappa shape index (κ3) is 4.41. The van der Waals surface area contributed by atoms with Crippen molar-refractivity contribution in [2.75, 3.05) is 7.05 Å². The van der Waals surface area contributed by atoms with Gasteiger partial charge in [-0.1, -0.05) is 46.5 Å². The van der Waals surface area contributed by atoms with Gasteiger partial charge in [0.15, 0.2) is 5.11 Å². The SMILES string of the molecule is CCC1CCC1C(C)(CC)C1CCCC(NC(=S)NC)CCC1. The molecule has 0 heterocycles. The van der Waals surface area contributed by atoms with Crippen LogP contribution in [0.1, 0.15) is 85.0 Å². The largest absolute Gasteiger partial charge is 0.366 e. The minimum atomic E-state index is 0.580. The fourth-order valence-corrected chi connectivity index (χ4v) is 5.52. The molecule has 0 bridgehead atoms. The summed E-state index contributed by atoms with van der Waals surface area (Å²) < 4.78 is 0. The highest BCUT2D eigenvalue weighted by molar-refractivity contribution is 7.80. The van der Waals surface area contributed by atoms with Crippen LogP contribution in [0.3, 0.4) is 0 Å². The highest BCUT2D eigenvalue weighted by Gasteiger charge is 2.46. The molecular formula is C20H38N2S. The first-order chi connectivity index (χ1) is 11.0. The number of thiocarbonyl (C=S) groups is 1. The highest BCUT2D eigenvalue weighted by atomic mass is 32.1. The zero-order chi connectivity index (χ0) is 16.9. The van der Waals surface area contributed by atoms with E-state index in [1.165, 1.54) is 64.2 Å². The van der Waals surface area contributed by atoms with Crippen LogP contribution in [0.4, 0.5) is 0 Å². The van der Waals surface area contributed by atoms with Crippen molar-refractivity contribution in [3.63, 3.8) is 0 Å². The average molecular weight is 339 g/mol. The Morgan fingerprint density at radius 3 is 2.13 bits per heavy atom. The molecule has 23 heavy (non-hydrogen) atoms. The van der Waals surface area contributed by atoms with E-state index in [9.17, 15) is 0 Å². The molecule has 0 aromatic rings. The van der Waals surface area contributed by atoms with Gasteiger partial charge in [0.2, 0.25) is 0 Å². The first-order valence-electron chi connectivity index (χ1n) is 10.0. The van der Waals surface area contributed by atoms with Gasteiger partial charge in [-0.2, -0.15) is 0 Å². The van der Waals surface area contributed by atoms with Crippen molar-refractivity contribution in [2.45, 2.75) is 91.0 Å². The van der Waals surface area contributed by atoms with Crippen LogP contribution in [0.2, 0.25) is 0 Å². The summed E-state index contributed by atoms with van der Waals surface area (Å²) in [5, 5.41) is 7.35. The molecule has 0 aromatic heterocycles. The molecule has 2 N–H and O–H groups in total. The summed E-state index contributed by atoms with van der Waals surface area (Å²) in [7, 11) is 1.91. The number of hydrogen-bond donors (Lipinski definition) is 2. The number of nitrogens with one attached hydrogen (secondary N) is 2. The predicted octanol–water partition coefficient (Wildman–Crippen LogP) is 5.27. The molecular weight excluding hydrogens is 300 g/mol. The smallest absolute Gasteiger partial charge is 0.166 e. The van der Waals surface area contributed by atoms with Crippen molar-refractivity contribution >= 4 is 17.3 Å². The average Bonchev–Trinajstić information content (AvgIpc) is 2.48.